The number of aliphatic carboxylic acids is 1. The van der Waals surface area contributed by atoms with Crippen LogP contribution in [0.1, 0.15) is 47.3 Å². The van der Waals surface area contributed by atoms with Crippen LogP contribution in [-0.4, -0.2) is 68.9 Å². The van der Waals surface area contributed by atoms with Crippen molar-refractivity contribution in [2.24, 2.45) is 13.0 Å². The SMILES string of the molecule is Cn1cc(C(=O)NC(CCN2CCC(CCc3ccc4c(n3)NCCC4)C2)C(=O)O)cn1. The van der Waals surface area contributed by atoms with Crippen LogP contribution < -0.4 is 10.6 Å². The maximum Gasteiger partial charge on any atom is 0.326 e. The Morgan fingerprint density at radius 2 is 2.25 bits per heavy atom. The molecule has 2 unspecified atom stereocenters. The number of carboxylic acids is 1. The number of pyridine rings is 1. The van der Waals surface area contributed by atoms with Crippen LogP contribution in [0, 0.1) is 5.92 Å². The molecule has 4 rings (SSSR count). The van der Waals surface area contributed by atoms with E-state index in [1.54, 1.807) is 13.2 Å². The van der Waals surface area contributed by atoms with Crippen LogP contribution in [0.25, 0.3) is 0 Å². The molecule has 0 radical (unpaired) electrons. The van der Waals surface area contributed by atoms with Crippen molar-refractivity contribution in [2.45, 2.75) is 44.6 Å². The Kier molecular flexibility index (Phi) is 7.04. The van der Waals surface area contributed by atoms with Crippen LogP contribution in [0.5, 0.6) is 0 Å². The summed E-state index contributed by atoms with van der Waals surface area (Å²) in [6, 6.07) is 3.45. The van der Waals surface area contributed by atoms with Crippen molar-refractivity contribution < 1.29 is 14.7 Å². The van der Waals surface area contributed by atoms with Gasteiger partial charge in [0, 0.05) is 38.6 Å². The van der Waals surface area contributed by atoms with Crippen molar-refractivity contribution in [1.29, 1.82) is 0 Å². The van der Waals surface area contributed by atoms with Crippen LogP contribution in [0.2, 0.25) is 0 Å². The van der Waals surface area contributed by atoms with E-state index in [1.807, 2.05) is 0 Å². The maximum atomic E-state index is 12.3. The molecule has 0 aromatic carbocycles. The largest absolute Gasteiger partial charge is 0.480 e. The topological polar surface area (TPSA) is 112 Å². The first kappa shape index (κ1) is 22.3. The lowest BCUT2D eigenvalue weighted by Gasteiger charge is -2.20. The van der Waals surface area contributed by atoms with E-state index in [4.69, 9.17) is 4.98 Å². The van der Waals surface area contributed by atoms with Crippen molar-refractivity contribution in [3.63, 3.8) is 0 Å². The number of anilines is 1. The molecule has 0 spiro atoms. The van der Waals surface area contributed by atoms with Crippen molar-refractivity contribution in [3.05, 3.63) is 41.3 Å². The van der Waals surface area contributed by atoms with Crippen LogP contribution >= 0.6 is 0 Å². The Balaban J connectivity index is 1.21. The number of aryl methyl sites for hydroxylation is 3. The molecule has 9 heteroatoms. The van der Waals surface area contributed by atoms with Crippen LogP contribution in [0.3, 0.4) is 0 Å². The van der Waals surface area contributed by atoms with Gasteiger partial charge < -0.3 is 20.6 Å². The van der Waals surface area contributed by atoms with Gasteiger partial charge in [0.15, 0.2) is 0 Å². The van der Waals surface area contributed by atoms with E-state index in [1.165, 1.54) is 22.9 Å². The zero-order valence-electron chi connectivity index (χ0n) is 18.6. The highest BCUT2D eigenvalue weighted by atomic mass is 16.4. The fourth-order valence-corrected chi connectivity index (χ4v) is 4.56. The smallest absolute Gasteiger partial charge is 0.326 e. The van der Waals surface area contributed by atoms with Gasteiger partial charge in [-0.2, -0.15) is 5.10 Å². The Hall–Kier alpha value is -2.94. The molecule has 3 N–H and O–H groups in total. The van der Waals surface area contributed by atoms with Crippen LogP contribution in [0.4, 0.5) is 5.82 Å². The Morgan fingerprint density at radius 1 is 1.38 bits per heavy atom. The zero-order valence-corrected chi connectivity index (χ0v) is 18.6. The molecule has 2 atom stereocenters. The molecule has 2 aromatic heterocycles. The highest BCUT2D eigenvalue weighted by Gasteiger charge is 2.26. The number of carbonyl (C=O) groups excluding carboxylic acids is 1. The van der Waals surface area contributed by atoms with Gasteiger partial charge in [0.1, 0.15) is 11.9 Å². The van der Waals surface area contributed by atoms with Gasteiger partial charge >= 0.3 is 5.97 Å². The number of rotatable bonds is 9. The lowest BCUT2D eigenvalue weighted by Crippen LogP contribution is -2.42. The predicted molar refractivity (Wildman–Crippen MR) is 121 cm³/mol. The summed E-state index contributed by atoms with van der Waals surface area (Å²) in [6.07, 6.45) is 8.83. The third-order valence-corrected chi connectivity index (χ3v) is 6.44. The summed E-state index contributed by atoms with van der Waals surface area (Å²) >= 11 is 0. The first-order valence-electron chi connectivity index (χ1n) is 11.5. The van der Waals surface area contributed by atoms with Crippen molar-refractivity contribution >= 4 is 17.7 Å². The monoisotopic (exact) mass is 440 g/mol. The van der Waals surface area contributed by atoms with Gasteiger partial charge in [0.2, 0.25) is 0 Å². The minimum Gasteiger partial charge on any atom is -0.480 e. The predicted octanol–water partition coefficient (Wildman–Crippen LogP) is 1.70. The minimum atomic E-state index is -1.01. The van der Waals surface area contributed by atoms with Crippen LogP contribution in [0.15, 0.2) is 24.5 Å². The van der Waals surface area contributed by atoms with E-state index in [0.29, 0.717) is 24.4 Å². The number of carboxylic acid groups (broad SMARTS) is 1. The molecular weight excluding hydrogens is 408 g/mol. The number of nitrogens with zero attached hydrogens (tertiary/aromatic N) is 4. The molecule has 0 bridgehead atoms. The van der Waals surface area contributed by atoms with E-state index in [0.717, 1.165) is 56.8 Å². The molecule has 0 aliphatic carbocycles. The molecule has 0 saturated carbocycles. The number of nitrogens with one attached hydrogen (secondary N) is 2. The third-order valence-electron chi connectivity index (χ3n) is 6.44. The second kappa shape index (κ2) is 10.1. The normalized spacial score (nSPS) is 19.2. The average molecular weight is 441 g/mol. The second-order valence-corrected chi connectivity index (χ2v) is 8.89. The highest BCUT2D eigenvalue weighted by Crippen LogP contribution is 2.24. The van der Waals surface area contributed by atoms with E-state index >= 15 is 0 Å². The van der Waals surface area contributed by atoms with E-state index in [-0.39, 0.29) is 0 Å². The fraction of sp³-hybridized carbons (Fsp3) is 0.565. The number of hydrogen-bond donors (Lipinski definition) is 3. The molecule has 172 valence electrons. The Morgan fingerprint density at radius 3 is 3.03 bits per heavy atom. The number of hydrogen-bond acceptors (Lipinski definition) is 6. The lowest BCUT2D eigenvalue weighted by molar-refractivity contribution is -0.139. The summed E-state index contributed by atoms with van der Waals surface area (Å²) in [5.41, 5.74) is 2.82. The standard InChI is InChI=1S/C23H32N6O3/c1-28-15-18(13-25-28)22(30)27-20(23(31)32)9-12-29-11-8-16(14-29)4-6-19-7-5-17-3-2-10-24-21(17)26-19/h5,7,13,15-16,20H,2-4,6,8-12,14H2,1H3,(H,24,26)(H,27,30)(H,31,32). The summed E-state index contributed by atoms with van der Waals surface area (Å²) in [4.78, 5) is 31.0. The quantitative estimate of drug-likeness (QED) is 0.544. The van der Waals surface area contributed by atoms with Gasteiger partial charge in [0.05, 0.1) is 11.8 Å². The van der Waals surface area contributed by atoms with Crippen molar-refractivity contribution in [1.82, 2.24) is 25.0 Å². The molecule has 2 aromatic rings. The number of likely N-dealkylation sites (tertiary alicyclic amines) is 1. The van der Waals surface area contributed by atoms with Gasteiger partial charge in [-0.3, -0.25) is 9.48 Å². The van der Waals surface area contributed by atoms with Gasteiger partial charge in [-0.1, -0.05) is 6.07 Å². The number of aromatic nitrogens is 3. The van der Waals surface area contributed by atoms with E-state index in [2.05, 4.69) is 32.8 Å². The van der Waals surface area contributed by atoms with Crippen LogP contribution in [-0.2, 0) is 24.7 Å². The lowest BCUT2D eigenvalue weighted by atomic mass is 10.00. The molecule has 2 aliphatic rings. The summed E-state index contributed by atoms with van der Waals surface area (Å²) in [6.45, 7) is 3.58. The molecule has 9 nitrogen and oxygen atoms in total. The summed E-state index contributed by atoms with van der Waals surface area (Å²) in [5.74, 6) is 0.228. The van der Waals surface area contributed by atoms with E-state index < -0.39 is 17.9 Å². The Bertz CT molecular complexity index is 959. The zero-order chi connectivity index (χ0) is 22.5. The molecule has 1 amide bonds. The first-order valence-corrected chi connectivity index (χ1v) is 11.5. The van der Waals surface area contributed by atoms with Gasteiger partial charge in [0.25, 0.3) is 5.91 Å². The van der Waals surface area contributed by atoms with E-state index in [9.17, 15) is 14.7 Å². The number of carbonyl (C=O) groups is 2. The van der Waals surface area contributed by atoms with Crippen molar-refractivity contribution in [3.8, 4) is 0 Å². The molecule has 4 heterocycles. The second-order valence-electron chi connectivity index (χ2n) is 8.89. The molecule has 1 saturated heterocycles. The van der Waals surface area contributed by atoms with Gasteiger partial charge in [-0.15, -0.1) is 0 Å². The number of fused-ring (bicyclic) bond motifs is 1. The molecule has 1 fully saturated rings. The average Bonchev–Trinajstić information content (AvgIpc) is 3.43. The van der Waals surface area contributed by atoms with Crippen molar-refractivity contribution in [2.75, 3.05) is 31.5 Å². The Labute approximate surface area is 188 Å². The fourth-order valence-electron chi connectivity index (χ4n) is 4.56. The highest BCUT2D eigenvalue weighted by molar-refractivity contribution is 5.96. The molecule has 32 heavy (non-hydrogen) atoms. The summed E-state index contributed by atoms with van der Waals surface area (Å²) in [7, 11) is 1.72. The minimum absolute atomic E-state index is 0.367. The summed E-state index contributed by atoms with van der Waals surface area (Å²) in [5, 5.41) is 19.5. The maximum absolute atomic E-state index is 12.3. The molecular formula is C23H32N6O3. The number of amides is 1. The summed E-state index contributed by atoms with van der Waals surface area (Å²) < 4.78 is 1.52. The van der Waals surface area contributed by atoms with Gasteiger partial charge in [-0.05, 0) is 62.6 Å². The molecule has 2 aliphatic heterocycles. The first-order chi connectivity index (χ1) is 15.5. The van der Waals surface area contributed by atoms with Gasteiger partial charge in [-0.25, -0.2) is 9.78 Å². The third kappa shape index (κ3) is 5.64.